The fourth-order valence-corrected chi connectivity index (χ4v) is 3.70. The molecule has 0 spiro atoms. The molecule has 4 rings (SSSR count). The van der Waals surface area contributed by atoms with Crippen molar-refractivity contribution in [2.24, 2.45) is 0 Å². The number of benzene rings is 1. The first-order valence-electron chi connectivity index (χ1n) is 7.57. The number of halogens is 2. The van der Waals surface area contributed by atoms with E-state index in [1.165, 1.54) is 6.33 Å². The van der Waals surface area contributed by atoms with Crippen LogP contribution in [-0.4, -0.2) is 32.2 Å². The van der Waals surface area contributed by atoms with Gasteiger partial charge >= 0.3 is 0 Å². The van der Waals surface area contributed by atoms with Crippen molar-refractivity contribution in [2.75, 3.05) is 11.4 Å². The second-order valence-electron chi connectivity index (χ2n) is 5.74. The van der Waals surface area contributed by atoms with Gasteiger partial charge in [-0.25, -0.2) is 0 Å². The minimum Gasteiger partial charge on any atom is -0.353 e. The van der Waals surface area contributed by atoms with Gasteiger partial charge in [0.15, 0.2) is 0 Å². The molecule has 1 aromatic carbocycles. The number of anilines is 1. The van der Waals surface area contributed by atoms with Crippen molar-refractivity contribution < 1.29 is 0 Å². The summed E-state index contributed by atoms with van der Waals surface area (Å²) in [4.78, 5) is 10.9. The molecule has 118 valence electrons. The predicted molar refractivity (Wildman–Crippen MR) is 92.3 cm³/mol. The van der Waals surface area contributed by atoms with Crippen LogP contribution in [0.15, 0.2) is 30.6 Å². The largest absolute Gasteiger partial charge is 0.353 e. The van der Waals surface area contributed by atoms with Crippen LogP contribution in [0.5, 0.6) is 0 Å². The molecule has 0 aliphatic carbocycles. The van der Waals surface area contributed by atoms with Gasteiger partial charge in [0, 0.05) is 23.2 Å². The fraction of sp³-hybridized carbons (Fsp3) is 0.312. The molecule has 0 N–H and O–H groups in total. The van der Waals surface area contributed by atoms with Crippen molar-refractivity contribution in [3.8, 4) is 11.1 Å². The van der Waals surface area contributed by atoms with Gasteiger partial charge in [0.2, 0.25) is 0 Å². The molecule has 0 bridgehead atoms. The SMILES string of the molecule is CC1CCCN1c1c(-c2ccccc2Cl)c(Cl)nc2ncnn12. The van der Waals surface area contributed by atoms with Crippen LogP contribution < -0.4 is 4.90 Å². The summed E-state index contributed by atoms with van der Waals surface area (Å²) in [5, 5.41) is 5.39. The molecule has 7 heteroatoms. The Bertz CT molecular complexity index is 876. The minimum atomic E-state index is 0.396. The highest BCUT2D eigenvalue weighted by atomic mass is 35.5. The van der Waals surface area contributed by atoms with Crippen molar-refractivity contribution in [1.29, 1.82) is 0 Å². The molecule has 23 heavy (non-hydrogen) atoms. The normalized spacial score (nSPS) is 18.0. The third-order valence-corrected chi connectivity index (χ3v) is 4.93. The van der Waals surface area contributed by atoms with Crippen LogP contribution >= 0.6 is 23.2 Å². The van der Waals surface area contributed by atoms with Gasteiger partial charge in [-0.1, -0.05) is 41.4 Å². The molecule has 2 aromatic heterocycles. The summed E-state index contributed by atoms with van der Waals surface area (Å²) in [7, 11) is 0. The van der Waals surface area contributed by atoms with Crippen molar-refractivity contribution in [3.63, 3.8) is 0 Å². The number of fused-ring (bicyclic) bond motifs is 1. The van der Waals surface area contributed by atoms with E-state index in [4.69, 9.17) is 23.2 Å². The summed E-state index contributed by atoms with van der Waals surface area (Å²) in [5.74, 6) is 1.41. The lowest BCUT2D eigenvalue weighted by Gasteiger charge is -2.27. The molecule has 3 aromatic rings. The van der Waals surface area contributed by atoms with E-state index in [1.807, 2.05) is 24.3 Å². The van der Waals surface area contributed by atoms with Crippen molar-refractivity contribution in [2.45, 2.75) is 25.8 Å². The van der Waals surface area contributed by atoms with E-state index < -0.39 is 0 Å². The van der Waals surface area contributed by atoms with E-state index in [2.05, 4.69) is 26.9 Å². The number of hydrogen-bond donors (Lipinski definition) is 0. The van der Waals surface area contributed by atoms with Gasteiger partial charge in [-0.15, -0.1) is 0 Å². The number of rotatable bonds is 2. The van der Waals surface area contributed by atoms with Crippen LogP contribution in [0.25, 0.3) is 16.9 Å². The first-order valence-corrected chi connectivity index (χ1v) is 8.33. The van der Waals surface area contributed by atoms with Crippen LogP contribution in [0.1, 0.15) is 19.8 Å². The molecule has 1 unspecified atom stereocenters. The van der Waals surface area contributed by atoms with E-state index in [-0.39, 0.29) is 0 Å². The molecule has 1 saturated heterocycles. The van der Waals surface area contributed by atoms with Gasteiger partial charge in [0.1, 0.15) is 17.3 Å². The Labute approximate surface area is 143 Å². The summed E-state index contributed by atoms with van der Waals surface area (Å²) in [6.07, 6.45) is 3.77. The zero-order valence-electron chi connectivity index (χ0n) is 12.6. The van der Waals surface area contributed by atoms with E-state index in [1.54, 1.807) is 4.52 Å². The molecule has 1 atom stereocenters. The van der Waals surface area contributed by atoms with Crippen molar-refractivity contribution in [3.05, 3.63) is 40.8 Å². The molecular formula is C16H15Cl2N5. The molecular weight excluding hydrogens is 333 g/mol. The Kier molecular flexibility index (Phi) is 3.62. The van der Waals surface area contributed by atoms with Gasteiger partial charge < -0.3 is 4.90 Å². The maximum Gasteiger partial charge on any atom is 0.255 e. The maximum atomic E-state index is 6.52. The molecule has 0 saturated carbocycles. The third kappa shape index (κ3) is 2.35. The molecule has 1 aliphatic rings. The zero-order chi connectivity index (χ0) is 16.0. The van der Waals surface area contributed by atoms with Crippen LogP contribution in [0, 0.1) is 0 Å². The standard InChI is InChI=1S/C16H15Cl2N5/c1-10-5-4-8-22(10)15-13(11-6-2-3-7-12(11)17)14(18)21-16-19-9-20-23(15)16/h2-3,6-7,9-10H,4-5,8H2,1H3. The number of aromatic nitrogens is 4. The van der Waals surface area contributed by atoms with Gasteiger partial charge in [0.25, 0.3) is 5.78 Å². The Balaban J connectivity index is 2.06. The summed E-state index contributed by atoms with van der Waals surface area (Å²) >= 11 is 12.9. The maximum absolute atomic E-state index is 6.52. The van der Waals surface area contributed by atoms with E-state index in [0.29, 0.717) is 22.0 Å². The zero-order valence-corrected chi connectivity index (χ0v) is 14.1. The highest BCUT2D eigenvalue weighted by molar-refractivity contribution is 6.36. The van der Waals surface area contributed by atoms with Crippen molar-refractivity contribution >= 4 is 34.8 Å². The molecule has 3 heterocycles. The second kappa shape index (κ2) is 5.65. The van der Waals surface area contributed by atoms with Crippen molar-refractivity contribution in [1.82, 2.24) is 19.6 Å². The molecule has 1 fully saturated rings. The Morgan fingerprint density at radius 3 is 2.78 bits per heavy atom. The van der Waals surface area contributed by atoms with Crippen LogP contribution in [0.4, 0.5) is 5.82 Å². The fourth-order valence-electron chi connectivity index (χ4n) is 3.21. The average molecular weight is 348 g/mol. The van der Waals surface area contributed by atoms with Crippen LogP contribution in [-0.2, 0) is 0 Å². The smallest absolute Gasteiger partial charge is 0.255 e. The van der Waals surface area contributed by atoms with Gasteiger partial charge in [-0.3, -0.25) is 0 Å². The molecule has 0 radical (unpaired) electrons. The van der Waals surface area contributed by atoms with Gasteiger partial charge in [0.05, 0.1) is 5.56 Å². The summed E-state index contributed by atoms with van der Waals surface area (Å²) < 4.78 is 1.76. The van der Waals surface area contributed by atoms with E-state index in [9.17, 15) is 0 Å². The molecule has 0 amide bonds. The summed E-state index contributed by atoms with van der Waals surface area (Å²) in [6, 6.07) is 8.07. The average Bonchev–Trinajstić information content (AvgIpc) is 3.15. The Morgan fingerprint density at radius 2 is 2.04 bits per heavy atom. The van der Waals surface area contributed by atoms with Gasteiger partial charge in [-0.05, 0) is 25.8 Å². The minimum absolute atomic E-state index is 0.396. The first kappa shape index (κ1) is 14.7. The van der Waals surface area contributed by atoms with E-state index >= 15 is 0 Å². The first-order chi connectivity index (χ1) is 11.2. The summed E-state index contributed by atoms with van der Waals surface area (Å²) in [6.45, 7) is 3.16. The van der Waals surface area contributed by atoms with Gasteiger partial charge in [-0.2, -0.15) is 19.6 Å². The lowest BCUT2D eigenvalue weighted by Crippen LogP contribution is -2.29. The highest BCUT2D eigenvalue weighted by Gasteiger charge is 2.29. The van der Waals surface area contributed by atoms with E-state index in [0.717, 1.165) is 36.3 Å². The van der Waals surface area contributed by atoms with Crippen LogP contribution in [0.3, 0.4) is 0 Å². The Morgan fingerprint density at radius 1 is 1.22 bits per heavy atom. The second-order valence-corrected chi connectivity index (χ2v) is 6.50. The highest BCUT2D eigenvalue weighted by Crippen LogP contribution is 2.41. The Hall–Kier alpha value is -1.85. The third-order valence-electron chi connectivity index (χ3n) is 4.33. The topological polar surface area (TPSA) is 46.3 Å². The quantitative estimate of drug-likeness (QED) is 0.655. The number of hydrogen-bond acceptors (Lipinski definition) is 4. The lowest BCUT2D eigenvalue weighted by molar-refractivity contribution is 0.713. The van der Waals surface area contributed by atoms with Crippen LogP contribution in [0.2, 0.25) is 10.2 Å². The lowest BCUT2D eigenvalue weighted by atomic mass is 10.1. The predicted octanol–water partition coefficient (Wildman–Crippen LogP) is 4.09. The number of nitrogens with zero attached hydrogens (tertiary/aromatic N) is 5. The summed E-state index contributed by atoms with van der Waals surface area (Å²) in [5.41, 5.74) is 1.67. The molecule has 5 nitrogen and oxygen atoms in total. The molecule has 1 aliphatic heterocycles. The monoisotopic (exact) mass is 347 g/mol.